The summed E-state index contributed by atoms with van der Waals surface area (Å²) in [7, 11) is -2.79. The predicted molar refractivity (Wildman–Crippen MR) is 300 cm³/mol. The summed E-state index contributed by atoms with van der Waals surface area (Å²) in [5.74, 6) is 2.09. The van der Waals surface area contributed by atoms with E-state index in [0.29, 0.717) is 11.5 Å². The SMILES string of the molecule is [C-]#[N+]c1ccc2c(c1)c1ccccc1n2-c1cc(-n2c3ccccc3c3cc(-n4c5ccccc5c5ccccc54)ccc32)nc(-c2ccc([Si](c3ccccc3)(c3ccccc3)c3ccccc3)cc2)n1. The largest absolute Gasteiger partial charge is 0.309 e. The van der Waals surface area contributed by atoms with Gasteiger partial charge in [0, 0.05) is 44.2 Å². The van der Waals surface area contributed by atoms with E-state index in [1.165, 1.54) is 42.6 Å². The highest BCUT2D eigenvalue weighted by atomic mass is 28.3. The maximum absolute atomic E-state index is 7.88. The smallest absolute Gasteiger partial charge is 0.188 e. The summed E-state index contributed by atoms with van der Waals surface area (Å²) >= 11 is 0. The molecular formula is C65H42N6Si. The molecule has 0 unspecified atom stereocenters. The van der Waals surface area contributed by atoms with Crippen LogP contribution in [0.4, 0.5) is 5.69 Å². The fraction of sp³-hybridized carbons (Fsp3) is 0. The van der Waals surface area contributed by atoms with E-state index in [0.717, 1.165) is 66.5 Å². The predicted octanol–water partition coefficient (Wildman–Crippen LogP) is 13.4. The molecule has 0 aliphatic heterocycles. The summed E-state index contributed by atoms with van der Waals surface area (Å²) in [5, 5.41) is 12.0. The Balaban J connectivity index is 1.01. The molecule has 0 radical (unpaired) electrons. The van der Waals surface area contributed by atoms with Crippen molar-refractivity contribution in [2.75, 3.05) is 0 Å². The molecule has 0 saturated carbocycles. The maximum atomic E-state index is 7.88. The molecule has 72 heavy (non-hydrogen) atoms. The van der Waals surface area contributed by atoms with Crippen LogP contribution in [0.2, 0.25) is 0 Å². The summed E-state index contributed by atoms with van der Waals surface area (Å²) in [6.07, 6.45) is 0. The van der Waals surface area contributed by atoms with Crippen LogP contribution in [0, 0.1) is 6.57 Å². The van der Waals surface area contributed by atoms with Crippen LogP contribution in [-0.4, -0.2) is 31.7 Å². The van der Waals surface area contributed by atoms with Gasteiger partial charge in [0.1, 0.15) is 11.6 Å². The Labute approximate surface area is 416 Å². The van der Waals surface area contributed by atoms with Gasteiger partial charge in [0.25, 0.3) is 0 Å². The molecule has 14 aromatic rings. The molecule has 0 N–H and O–H groups in total. The van der Waals surface area contributed by atoms with Crippen LogP contribution in [-0.2, 0) is 0 Å². The van der Waals surface area contributed by atoms with Gasteiger partial charge in [-0.1, -0.05) is 194 Å². The number of para-hydroxylation sites is 4. The topological polar surface area (TPSA) is 44.9 Å². The quantitative estimate of drug-likeness (QED) is 0.0866. The Bertz CT molecular complexity index is 4300. The number of hydrogen-bond acceptors (Lipinski definition) is 2. The monoisotopic (exact) mass is 934 g/mol. The minimum atomic E-state index is -2.79. The van der Waals surface area contributed by atoms with E-state index in [2.05, 4.69) is 261 Å². The van der Waals surface area contributed by atoms with Crippen LogP contribution in [0.5, 0.6) is 0 Å². The number of nitrogens with zero attached hydrogens (tertiary/aromatic N) is 6. The Morgan fingerprint density at radius 2 is 0.694 bits per heavy atom. The zero-order valence-corrected chi connectivity index (χ0v) is 39.9. The lowest BCUT2D eigenvalue weighted by atomic mass is 10.1. The molecule has 4 aromatic heterocycles. The third-order valence-electron chi connectivity index (χ3n) is 14.6. The second-order valence-electron chi connectivity index (χ2n) is 18.4. The number of fused-ring (bicyclic) bond motifs is 9. The van der Waals surface area contributed by atoms with Crippen molar-refractivity contribution in [3.05, 3.63) is 266 Å². The van der Waals surface area contributed by atoms with Crippen LogP contribution >= 0.6 is 0 Å². The Kier molecular flexibility index (Phi) is 9.49. The van der Waals surface area contributed by atoms with Crippen LogP contribution in [0.25, 0.3) is 99.0 Å². The number of rotatable bonds is 8. The molecule has 14 rings (SSSR count). The first-order chi connectivity index (χ1) is 35.7. The van der Waals surface area contributed by atoms with Gasteiger partial charge < -0.3 is 4.57 Å². The summed E-state index contributed by atoms with van der Waals surface area (Å²) in [5.41, 5.74) is 9.00. The Morgan fingerprint density at radius 1 is 0.319 bits per heavy atom. The van der Waals surface area contributed by atoms with E-state index in [9.17, 15) is 0 Å². The third-order valence-corrected chi connectivity index (χ3v) is 19.4. The van der Waals surface area contributed by atoms with Crippen molar-refractivity contribution in [3.8, 4) is 28.7 Å². The van der Waals surface area contributed by atoms with Gasteiger partial charge in [-0.2, -0.15) is 0 Å². The van der Waals surface area contributed by atoms with E-state index in [-0.39, 0.29) is 0 Å². The molecule has 0 bridgehead atoms. The molecule has 0 amide bonds. The molecule has 0 fully saturated rings. The molecule has 0 aliphatic rings. The van der Waals surface area contributed by atoms with E-state index in [1.807, 2.05) is 12.1 Å². The molecular weight excluding hydrogens is 893 g/mol. The molecule has 0 atom stereocenters. The highest BCUT2D eigenvalue weighted by molar-refractivity contribution is 7.19. The van der Waals surface area contributed by atoms with Gasteiger partial charge >= 0.3 is 0 Å². The van der Waals surface area contributed by atoms with Crippen molar-refractivity contribution in [3.63, 3.8) is 0 Å². The van der Waals surface area contributed by atoms with Gasteiger partial charge in [-0.25, -0.2) is 14.8 Å². The fourth-order valence-electron chi connectivity index (χ4n) is 11.5. The minimum absolute atomic E-state index is 0.598. The van der Waals surface area contributed by atoms with Crippen molar-refractivity contribution in [1.82, 2.24) is 23.7 Å². The van der Waals surface area contributed by atoms with Crippen LogP contribution in [0.15, 0.2) is 255 Å². The number of hydrogen-bond donors (Lipinski definition) is 0. The second kappa shape index (κ2) is 16.5. The molecule has 336 valence electrons. The van der Waals surface area contributed by atoms with Crippen LogP contribution in [0.1, 0.15) is 0 Å². The molecule has 7 heteroatoms. The van der Waals surface area contributed by atoms with Crippen molar-refractivity contribution in [2.24, 2.45) is 0 Å². The number of aromatic nitrogens is 5. The standard InChI is InChI=1S/C65H42N6Si/c1-66-45-35-39-61-55(41-45)53-27-13-17-31-59(53)70(61)63-43-64(71-60-32-18-14-28-54(60)56-42-46(36-40-62(56)71)69-57-29-15-11-25-51(57)52-26-12-16-30-58(52)69)68-65(67-63)44-33-37-50(38-34-44)72(47-19-5-2-6-20-47,48-21-7-3-8-22-48)49-23-9-4-10-24-49/h2-43H. The lowest BCUT2D eigenvalue weighted by molar-refractivity contribution is 0.994. The van der Waals surface area contributed by atoms with E-state index in [4.69, 9.17) is 16.5 Å². The van der Waals surface area contributed by atoms with Crippen molar-refractivity contribution < 1.29 is 0 Å². The molecule has 6 nitrogen and oxygen atoms in total. The van der Waals surface area contributed by atoms with Gasteiger partial charge in [-0.15, -0.1) is 0 Å². The molecule has 4 heterocycles. The van der Waals surface area contributed by atoms with Crippen molar-refractivity contribution in [1.29, 1.82) is 0 Å². The zero-order valence-electron chi connectivity index (χ0n) is 38.9. The Morgan fingerprint density at radius 3 is 1.17 bits per heavy atom. The molecule has 0 aliphatic carbocycles. The summed E-state index contributed by atoms with van der Waals surface area (Å²) < 4.78 is 6.91. The average molecular weight is 935 g/mol. The summed E-state index contributed by atoms with van der Waals surface area (Å²) in [6.45, 7) is 7.88. The first-order valence-electron chi connectivity index (χ1n) is 24.3. The van der Waals surface area contributed by atoms with Gasteiger partial charge in [0.15, 0.2) is 19.6 Å². The maximum Gasteiger partial charge on any atom is 0.188 e. The lowest BCUT2D eigenvalue weighted by Crippen LogP contribution is -2.74. The van der Waals surface area contributed by atoms with Gasteiger partial charge in [0.05, 0.1) is 39.7 Å². The van der Waals surface area contributed by atoms with Crippen molar-refractivity contribution >= 4 is 99.9 Å². The average Bonchev–Trinajstić information content (AvgIpc) is 4.10. The highest BCUT2D eigenvalue weighted by Gasteiger charge is 2.41. The van der Waals surface area contributed by atoms with E-state index < -0.39 is 8.07 Å². The van der Waals surface area contributed by atoms with E-state index >= 15 is 0 Å². The fourth-order valence-corrected chi connectivity index (χ4v) is 16.3. The summed E-state index contributed by atoms with van der Waals surface area (Å²) in [4.78, 5) is 14.9. The molecule has 10 aromatic carbocycles. The third kappa shape index (κ3) is 6.26. The molecule has 0 spiro atoms. The van der Waals surface area contributed by atoms with Crippen LogP contribution < -0.4 is 20.7 Å². The Hall–Kier alpha value is -9.61. The van der Waals surface area contributed by atoms with Crippen LogP contribution in [0.3, 0.4) is 0 Å². The van der Waals surface area contributed by atoms with Gasteiger partial charge in [-0.3, -0.25) is 9.13 Å². The van der Waals surface area contributed by atoms with Gasteiger partial charge in [-0.05, 0) is 80.7 Å². The minimum Gasteiger partial charge on any atom is -0.309 e. The zero-order chi connectivity index (χ0) is 47.8. The molecule has 0 saturated heterocycles. The second-order valence-corrected chi connectivity index (χ2v) is 22.2. The normalized spacial score (nSPS) is 11.9. The lowest BCUT2D eigenvalue weighted by Gasteiger charge is -2.34. The summed E-state index contributed by atoms with van der Waals surface area (Å²) in [6, 6.07) is 91.4. The first-order valence-corrected chi connectivity index (χ1v) is 26.3. The van der Waals surface area contributed by atoms with E-state index in [1.54, 1.807) is 0 Å². The van der Waals surface area contributed by atoms with Gasteiger partial charge in [0.2, 0.25) is 0 Å². The number of benzene rings is 10. The first kappa shape index (κ1) is 41.4. The van der Waals surface area contributed by atoms with Crippen molar-refractivity contribution in [2.45, 2.75) is 0 Å². The highest BCUT2D eigenvalue weighted by Crippen LogP contribution is 2.39.